The lowest BCUT2D eigenvalue weighted by molar-refractivity contribution is -0.137. The molecule has 0 saturated carbocycles. The smallest absolute Gasteiger partial charge is 0.319 e. The van der Waals surface area contributed by atoms with Crippen LogP contribution in [0.15, 0.2) is 71.8 Å². The van der Waals surface area contributed by atoms with Crippen molar-refractivity contribution < 1.29 is 14.7 Å². The van der Waals surface area contributed by atoms with Gasteiger partial charge in [-0.05, 0) is 24.1 Å². The highest BCUT2D eigenvalue weighted by atomic mass is 35.5. The zero-order valence-corrected chi connectivity index (χ0v) is 17.6. The van der Waals surface area contributed by atoms with Gasteiger partial charge < -0.3 is 20.3 Å². The number of urea groups is 1. The molecule has 0 aliphatic heterocycles. The van der Waals surface area contributed by atoms with E-state index in [1.165, 1.54) is 12.3 Å². The van der Waals surface area contributed by atoms with Crippen LogP contribution in [0.3, 0.4) is 0 Å². The number of carboxylic acid groups (broad SMARTS) is 1. The lowest BCUT2D eigenvalue weighted by atomic mass is 10.0. The molecule has 0 spiro atoms. The third-order valence-electron chi connectivity index (χ3n) is 4.70. The number of nitrogens with zero attached hydrogens (tertiary/aromatic N) is 1. The molecule has 2 aromatic carbocycles. The molecule has 0 radical (unpaired) electrons. The number of aliphatic carboxylic acids is 1. The molecule has 0 fully saturated rings. The van der Waals surface area contributed by atoms with E-state index >= 15 is 0 Å². The Balaban J connectivity index is 1.75. The maximum absolute atomic E-state index is 12.5. The van der Waals surface area contributed by atoms with Gasteiger partial charge in [-0.1, -0.05) is 59.6 Å². The van der Waals surface area contributed by atoms with Gasteiger partial charge in [0.1, 0.15) is 5.69 Å². The van der Waals surface area contributed by atoms with E-state index < -0.39 is 18.0 Å². The van der Waals surface area contributed by atoms with E-state index in [-0.39, 0.29) is 17.5 Å². The molecule has 0 bridgehead atoms. The van der Waals surface area contributed by atoms with Crippen LogP contribution in [0.25, 0.3) is 0 Å². The second-order valence-electron chi connectivity index (χ2n) is 7.15. The Morgan fingerprint density at radius 3 is 2.48 bits per heavy atom. The summed E-state index contributed by atoms with van der Waals surface area (Å²) in [5, 5.41) is 15.0. The minimum Gasteiger partial charge on any atom is -0.481 e. The third-order valence-corrected chi connectivity index (χ3v) is 5.07. The number of carbonyl (C=O) groups excluding carboxylic acids is 1. The average Bonchev–Trinajstić information content (AvgIpc) is 2.72. The molecule has 160 valence electrons. The van der Waals surface area contributed by atoms with Crippen molar-refractivity contribution in [2.45, 2.75) is 25.9 Å². The number of carboxylic acids is 1. The van der Waals surface area contributed by atoms with Crippen LogP contribution in [-0.2, 0) is 11.3 Å². The zero-order chi connectivity index (χ0) is 22.4. The van der Waals surface area contributed by atoms with Gasteiger partial charge in [0.05, 0.1) is 12.5 Å². The van der Waals surface area contributed by atoms with Crippen LogP contribution < -0.4 is 16.1 Å². The zero-order valence-electron chi connectivity index (χ0n) is 16.8. The summed E-state index contributed by atoms with van der Waals surface area (Å²) >= 11 is 6.19. The number of rotatable bonds is 7. The van der Waals surface area contributed by atoms with Crippen molar-refractivity contribution in [3.05, 3.63) is 98.9 Å². The number of nitrogens with one attached hydrogen (secondary N) is 2. The first-order chi connectivity index (χ1) is 14.8. The number of pyridine rings is 1. The van der Waals surface area contributed by atoms with E-state index in [1.807, 2.05) is 37.3 Å². The SMILES string of the molecule is Cc1ccc([C@H](CC(=O)O)NC(=O)Nc2cn(Cc3ccccc3Cl)ccc2=O)cc1. The molecule has 3 aromatic rings. The maximum atomic E-state index is 12.5. The minimum atomic E-state index is -1.05. The highest BCUT2D eigenvalue weighted by molar-refractivity contribution is 6.31. The summed E-state index contributed by atoms with van der Waals surface area (Å²) in [6.07, 6.45) is 2.83. The van der Waals surface area contributed by atoms with Crippen molar-refractivity contribution in [2.75, 3.05) is 5.32 Å². The van der Waals surface area contributed by atoms with Gasteiger partial charge in [-0.25, -0.2) is 4.79 Å². The molecule has 3 rings (SSSR count). The second kappa shape index (κ2) is 9.95. The van der Waals surface area contributed by atoms with Gasteiger partial charge in [-0.3, -0.25) is 9.59 Å². The fraction of sp³-hybridized carbons (Fsp3) is 0.174. The first-order valence-electron chi connectivity index (χ1n) is 9.61. The monoisotopic (exact) mass is 439 g/mol. The Morgan fingerprint density at radius 2 is 1.81 bits per heavy atom. The number of carbonyl (C=O) groups is 2. The molecule has 31 heavy (non-hydrogen) atoms. The Kier molecular flexibility index (Phi) is 7.10. The first kappa shape index (κ1) is 22.1. The van der Waals surface area contributed by atoms with Gasteiger partial charge in [0, 0.05) is 30.0 Å². The number of amides is 2. The van der Waals surface area contributed by atoms with Crippen LogP contribution in [0.4, 0.5) is 10.5 Å². The molecule has 3 N–H and O–H groups in total. The van der Waals surface area contributed by atoms with Crippen molar-refractivity contribution in [1.82, 2.24) is 9.88 Å². The third kappa shape index (κ3) is 6.20. The van der Waals surface area contributed by atoms with E-state index in [2.05, 4.69) is 10.6 Å². The molecule has 1 heterocycles. The van der Waals surface area contributed by atoms with Crippen LogP contribution in [0.2, 0.25) is 5.02 Å². The van der Waals surface area contributed by atoms with Gasteiger partial charge >= 0.3 is 12.0 Å². The number of aryl methyl sites for hydroxylation is 1. The van der Waals surface area contributed by atoms with Crippen molar-refractivity contribution in [3.63, 3.8) is 0 Å². The fourth-order valence-electron chi connectivity index (χ4n) is 3.08. The molecular weight excluding hydrogens is 418 g/mol. The quantitative estimate of drug-likeness (QED) is 0.513. The lowest BCUT2D eigenvalue weighted by Gasteiger charge is -2.18. The molecule has 0 aliphatic rings. The van der Waals surface area contributed by atoms with E-state index in [0.29, 0.717) is 17.1 Å². The highest BCUT2D eigenvalue weighted by Gasteiger charge is 2.18. The number of hydrogen-bond acceptors (Lipinski definition) is 3. The highest BCUT2D eigenvalue weighted by Crippen LogP contribution is 2.19. The summed E-state index contributed by atoms with van der Waals surface area (Å²) in [7, 11) is 0. The van der Waals surface area contributed by atoms with Crippen molar-refractivity contribution >= 4 is 29.3 Å². The van der Waals surface area contributed by atoms with Gasteiger partial charge in [0.25, 0.3) is 0 Å². The molecular formula is C23H22ClN3O4. The van der Waals surface area contributed by atoms with Gasteiger partial charge in [-0.15, -0.1) is 0 Å². The molecule has 0 unspecified atom stereocenters. The Labute approximate surface area is 184 Å². The maximum Gasteiger partial charge on any atom is 0.319 e. The largest absolute Gasteiger partial charge is 0.481 e. The van der Waals surface area contributed by atoms with Gasteiger partial charge in [0.15, 0.2) is 0 Å². The van der Waals surface area contributed by atoms with E-state index in [1.54, 1.807) is 29.0 Å². The summed E-state index contributed by atoms with van der Waals surface area (Å²) in [5.41, 5.74) is 2.25. The van der Waals surface area contributed by atoms with E-state index in [4.69, 9.17) is 11.6 Å². The van der Waals surface area contributed by atoms with Crippen molar-refractivity contribution in [2.24, 2.45) is 0 Å². The van der Waals surface area contributed by atoms with Crippen LogP contribution in [0.5, 0.6) is 0 Å². The molecule has 1 aromatic heterocycles. The number of aromatic nitrogens is 1. The number of anilines is 1. The Morgan fingerprint density at radius 1 is 1.10 bits per heavy atom. The standard InChI is InChI=1S/C23H22ClN3O4/c1-15-6-8-16(9-7-15)19(12-22(29)30)25-23(31)26-20-14-27(11-10-21(20)28)13-17-4-2-3-5-18(17)24/h2-11,14,19H,12-13H2,1H3,(H,29,30)(H2,25,26,31)/t19-/m0/s1. The van der Waals surface area contributed by atoms with Crippen molar-refractivity contribution in [1.29, 1.82) is 0 Å². The summed E-state index contributed by atoms with van der Waals surface area (Å²) in [4.78, 5) is 36.0. The molecule has 0 saturated heterocycles. The topological polar surface area (TPSA) is 100 Å². The summed E-state index contributed by atoms with van der Waals surface area (Å²) < 4.78 is 1.73. The summed E-state index contributed by atoms with van der Waals surface area (Å²) in [6, 6.07) is 14.5. The predicted molar refractivity (Wildman–Crippen MR) is 120 cm³/mol. The first-order valence-corrected chi connectivity index (χ1v) is 9.99. The number of hydrogen-bond donors (Lipinski definition) is 3. The van der Waals surface area contributed by atoms with E-state index in [9.17, 15) is 19.5 Å². The second-order valence-corrected chi connectivity index (χ2v) is 7.55. The van der Waals surface area contributed by atoms with Crippen LogP contribution in [0, 0.1) is 6.92 Å². The molecule has 0 aliphatic carbocycles. The normalized spacial score (nSPS) is 11.5. The number of halogens is 1. The average molecular weight is 440 g/mol. The Hall–Kier alpha value is -3.58. The van der Waals surface area contributed by atoms with Gasteiger partial charge in [-0.2, -0.15) is 0 Å². The van der Waals surface area contributed by atoms with Crippen LogP contribution in [0.1, 0.15) is 29.2 Å². The van der Waals surface area contributed by atoms with E-state index in [0.717, 1.165) is 11.1 Å². The lowest BCUT2D eigenvalue weighted by Crippen LogP contribution is -2.35. The minimum absolute atomic E-state index is 0.0741. The van der Waals surface area contributed by atoms with Crippen LogP contribution in [-0.4, -0.2) is 21.7 Å². The van der Waals surface area contributed by atoms with Crippen LogP contribution >= 0.6 is 11.6 Å². The molecule has 1 atom stereocenters. The summed E-state index contributed by atoms with van der Waals surface area (Å²) in [5.74, 6) is -1.05. The predicted octanol–water partition coefficient (Wildman–Crippen LogP) is 4.20. The molecule has 8 heteroatoms. The summed E-state index contributed by atoms with van der Waals surface area (Å²) in [6.45, 7) is 2.33. The number of benzene rings is 2. The molecule has 7 nitrogen and oxygen atoms in total. The van der Waals surface area contributed by atoms with Crippen molar-refractivity contribution in [3.8, 4) is 0 Å². The Bertz CT molecular complexity index is 1140. The van der Waals surface area contributed by atoms with Gasteiger partial charge in [0.2, 0.25) is 5.43 Å². The fourth-order valence-corrected chi connectivity index (χ4v) is 3.28. The molecule has 2 amide bonds.